The van der Waals surface area contributed by atoms with Crippen molar-refractivity contribution in [3.8, 4) is 11.5 Å². The molecule has 2 aromatic carbocycles. The molecule has 0 radical (unpaired) electrons. The molecule has 9 nitrogen and oxygen atoms in total. The maximum absolute atomic E-state index is 12.0. The third-order valence-electron chi connectivity index (χ3n) is 4.00. The molecule has 0 saturated carbocycles. The second kappa shape index (κ2) is 10.7. The Kier molecular flexibility index (Phi) is 7.74. The van der Waals surface area contributed by atoms with E-state index >= 15 is 0 Å². The van der Waals surface area contributed by atoms with Crippen LogP contribution >= 0.6 is 23.4 Å². The molecule has 1 heterocycles. The number of nitrogens with zero attached hydrogens (tertiary/aromatic N) is 2. The molecule has 0 bridgehead atoms. The van der Waals surface area contributed by atoms with Gasteiger partial charge in [0, 0.05) is 10.6 Å². The van der Waals surface area contributed by atoms with E-state index in [1.54, 1.807) is 44.6 Å². The zero-order valence-electron chi connectivity index (χ0n) is 16.7. The molecule has 0 atom stereocenters. The Bertz CT molecular complexity index is 1060. The SMILES string of the molecule is COc1ccc(Cc2nnc(SCC(=O)NNC(=O)c3ccc(Cl)cc3)o2)cc1OC. The number of hydrogen-bond donors (Lipinski definition) is 2. The van der Waals surface area contributed by atoms with Crippen LogP contribution < -0.4 is 20.3 Å². The minimum absolute atomic E-state index is 0.0150. The second-order valence-electron chi connectivity index (χ2n) is 6.13. The molecule has 2 amide bonds. The molecule has 3 aromatic rings. The average Bonchev–Trinajstić information content (AvgIpc) is 3.23. The number of hydrazine groups is 1. The predicted molar refractivity (Wildman–Crippen MR) is 114 cm³/mol. The van der Waals surface area contributed by atoms with Crippen molar-refractivity contribution in [2.45, 2.75) is 11.6 Å². The van der Waals surface area contributed by atoms with Crippen LogP contribution in [0.1, 0.15) is 21.8 Å². The van der Waals surface area contributed by atoms with Gasteiger partial charge in [-0.2, -0.15) is 0 Å². The molecular formula is C20H19ClN4O5S. The summed E-state index contributed by atoms with van der Waals surface area (Å²) >= 11 is 6.84. The van der Waals surface area contributed by atoms with Crippen LogP contribution in [0.2, 0.25) is 5.02 Å². The Morgan fingerprint density at radius 3 is 2.48 bits per heavy atom. The van der Waals surface area contributed by atoms with Crippen molar-refractivity contribution < 1.29 is 23.5 Å². The predicted octanol–water partition coefficient (Wildman–Crippen LogP) is 2.88. The van der Waals surface area contributed by atoms with Gasteiger partial charge in [-0.25, -0.2) is 0 Å². The van der Waals surface area contributed by atoms with Crippen molar-refractivity contribution in [1.82, 2.24) is 21.0 Å². The van der Waals surface area contributed by atoms with Crippen LogP contribution in [0.25, 0.3) is 0 Å². The van der Waals surface area contributed by atoms with Gasteiger partial charge in [-0.15, -0.1) is 10.2 Å². The lowest BCUT2D eigenvalue weighted by molar-refractivity contribution is -0.119. The van der Waals surface area contributed by atoms with Crippen LogP contribution in [0, 0.1) is 0 Å². The Morgan fingerprint density at radius 1 is 1.03 bits per heavy atom. The van der Waals surface area contributed by atoms with Crippen LogP contribution in [0.3, 0.4) is 0 Å². The number of halogens is 1. The van der Waals surface area contributed by atoms with E-state index < -0.39 is 11.8 Å². The van der Waals surface area contributed by atoms with E-state index in [4.69, 9.17) is 25.5 Å². The quantitative estimate of drug-likeness (QED) is 0.388. The van der Waals surface area contributed by atoms with E-state index in [-0.39, 0.29) is 11.0 Å². The van der Waals surface area contributed by atoms with Crippen LogP contribution in [0.15, 0.2) is 52.1 Å². The minimum atomic E-state index is -0.454. The van der Waals surface area contributed by atoms with Crippen molar-refractivity contribution in [2.75, 3.05) is 20.0 Å². The lowest BCUT2D eigenvalue weighted by atomic mass is 10.1. The normalized spacial score (nSPS) is 10.4. The number of methoxy groups -OCH3 is 2. The van der Waals surface area contributed by atoms with Crippen LogP contribution in [-0.4, -0.2) is 42.0 Å². The highest BCUT2D eigenvalue weighted by atomic mass is 35.5. The third kappa shape index (κ3) is 6.37. The van der Waals surface area contributed by atoms with Crippen molar-refractivity contribution in [3.63, 3.8) is 0 Å². The Hall–Kier alpha value is -3.24. The number of hydrogen-bond acceptors (Lipinski definition) is 8. The molecule has 31 heavy (non-hydrogen) atoms. The summed E-state index contributed by atoms with van der Waals surface area (Å²) < 4.78 is 16.1. The number of carbonyl (C=O) groups is 2. The van der Waals surface area contributed by atoms with Gasteiger partial charge in [0.25, 0.3) is 11.1 Å². The largest absolute Gasteiger partial charge is 0.493 e. The number of benzene rings is 2. The van der Waals surface area contributed by atoms with Crippen LogP contribution in [0.5, 0.6) is 11.5 Å². The molecule has 0 aliphatic heterocycles. The summed E-state index contributed by atoms with van der Waals surface area (Å²) in [7, 11) is 3.13. The monoisotopic (exact) mass is 462 g/mol. The zero-order chi connectivity index (χ0) is 22.2. The fraction of sp³-hybridized carbons (Fsp3) is 0.200. The summed E-state index contributed by atoms with van der Waals surface area (Å²) in [5, 5.41) is 8.67. The maximum atomic E-state index is 12.0. The third-order valence-corrected chi connectivity index (χ3v) is 5.07. The number of rotatable bonds is 8. The molecule has 11 heteroatoms. The van der Waals surface area contributed by atoms with Crippen LogP contribution in [0.4, 0.5) is 0 Å². The second-order valence-corrected chi connectivity index (χ2v) is 7.49. The highest BCUT2D eigenvalue weighted by Crippen LogP contribution is 2.28. The molecule has 1 aromatic heterocycles. The van der Waals surface area contributed by atoms with E-state index in [9.17, 15) is 9.59 Å². The van der Waals surface area contributed by atoms with Gasteiger partial charge in [-0.05, 0) is 42.0 Å². The van der Waals surface area contributed by atoms with Crippen molar-refractivity contribution >= 4 is 35.2 Å². The van der Waals surface area contributed by atoms with E-state index in [1.807, 2.05) is 12.1 Å². The number of thioether (sulfide) groups is 1. The van der Waals surface area contributed by atoms with Crippen molar-refractivity contribution in [1.29, 1.82) is 0 Å². The Labute approximate surface area is 187 Å². The fourth-order valence-electron chi connectivity index (χ4n) is 2.50. The molecule has 2 N–H and O–H groups in total. The van der Waals surface area contributed by atoms with Gasteiger partial charge >= 0.3 is 0 Å². The highest BCUT2D eigenvalue weighted by Gasteiger charge is 2.13. The standard InChI is InChI=1S/C20H19ClN4O5S/c1-28-15-8-3-12(9-16(15)29-2)10-18-23-25-20(30-18)31-11-17(26)22-24-19(27)13-4-6-14(21)7-5-13/h3-9H,10-11H2,1-2H3,(H,22,26)(H,24,27). The fourth-order valence-corrected chi connectivity index (χ4v) is 3.20. The molecule has 0 aliphatic rings. The summed E-state index contributed by atoms with van der Waals surface area (Å²) in [5.74, 6) is 0.732. The molecule has 3 rings (SSSR count). The van der Waals surface area contributed by atoms with Gasteiger partial charge in [0.15, 0.2) is 11.5 Å². The zero-order valence-corrected chi connectivity index (χ0v) is 18.2. The lowest BCUT2D eigenvalue weighted by Crippen LogP contribution is -2.42. The minimum Gasteiger partial charge on any atom is -0.493 e. The topological polar surface area (TPSA) is 116 Å². The van der Waals surface area contributed by atoms with Gasteiger partial charge in [0.05, 0.1) is 26.4 Å². The van der Waals surface area contributed by atoms with Gasteiger partial charge in [0.2, 0.25) is 11.8 Å². The summed E-state index contributed by atoms with van der Waals surface area (Å²) in [6.45, 7) is 0. The average molecular weight is 463 g/mol. The summed E-state index contributed by atoms with van der Waals surface area (Å²) in [4.78, 5) is 23.9. The first kappa shape index (κ1) is 22.4. The smallest absolute Gasteiger partial charge is 0.277 e. The number of amides is 2. The highest BCUT2D eigenvalue weighted by molar-refractivity contribution is 7.99. The molecule has 0 aliphatic carbocycles. The number of carbonyl (C=O) groups excluding carboxylic acids is 2. The lowest BCUT2D eigenvalue weighted by Gasteiger charge is -2.08. The Balaban J connectivity index is 1.47. The van der Waals surface area contributed by atoms with Gasteiger partial charge in [0.1, 0.15) is 0 Å². The number of nitrogens with one attached hydrogen (secondary N) is 2. The Morgan fingerprint density at radius 2 is 1.77 bits per heavy atom. The van der Waals surface area contributed by atoms with Gasteiger partial charge in [-0.1, -0.05) is 29.4 Å². The van der Waals surface area contributed by atoms with Crippen LogP contribution in [-0.2, 0) is 11.2 Å². The summed E-state index contributed by atoms with van der Waals surface area (Å²) in [6.07, 6.45) is 0.400. The van der Waals surface area contributed by atoms with E-state index in [1.165, 1.54) is 0 Å². The number of ether oxygens (including phenoxy) is 2. The van der Waals surface area contributed by atoms with Gasteiger partial charge in [-0.3, -0.25) is 20.4 Å². The first-order valence-electron chi connectivity index (χ1n) is 8.99. The van der Waals surface area contributed by atoms with Crippen molar-refractivity contribution in [2.24, 2.45) is 0 Å². The molecule has 0 saturated heterocycles. The summed E-state index contributed by atoms with van der Waals surface area (Å²) in [5.41, 5.74) is 5.93. The van der Waals surface area contributed by atoms with Gasteiger partial charge < -0.3 is 13.9 Å². The van der Waals surface area contributed by atoms with E-state index in [2.05, 4.69) is 21.0 Å². The molecular weight excluding hydrogens is 444 g/mol. The van der Waals surface area contributed by atoms with E-state index in [0.717, 1.165) is 17.3 Å². The van der Waals surface area contributed by atoms with E-state index in [0.29, 0.717) is 34.4 Å². The first-order chi connectivity index (χ1) is 15.0. The molecule has 0 fully saturated rings. The number of aromatic nitrogens is 2. The van der Waals surface area contributed by atoms with Crippen molar-refractivity contribution in [3.05, 3.63) is 64.5 Å². The first-order valence-corrected chi connectivity index (χ1v) is 10.4. The summed E-state index contributed by atoms with van der Waals surface area (Å²) in [6, 6.07) is 11.8. The molecule has 162 valence electrons. The molecule has 0 spiro atoms. The maximum Gasteiger partial charge on any atom is 0.277 e. The molecule has 0 unspecified atom stereocenters.